The lowest BCUT2D eigenvalue weighted by atomic mass is 10.1. The first-order valence-electron chi connectivity index (χ1n) is 7.74. The quantitative estimate of drug-likeness (QED) is 0.732. The molecule has 1 heterocycles. The first-order chi connectivity index (χ1) is 10.5. The highest BCUT2D eigenvalue weighted by Crippen LogP contribution is 2.35. The van der Waals surface area contributed by atoms with E-state index < -0.39 is 0 Å². The van der Waals surface area contributed by atoms with Gasteiger partial charge in [-0.25, -0.2) is 9.97 Å². The van der Waals surface area contributed by atoms with Crippen molar-refractivity contribution in [3.05, 3.63) is 41.2 Å². The Kier molecular flexibility index (Phi) is 5.46. The standard InChI is InChI=1S/C18H25N3S/c1-7-15-8-9-16(17(11-15)22-6)21(12(2)3)18-19-13(4)10-14(5)20-18/h8-12H,7H2,1-6H3. The molecule has 0 aliphatic heterocycles. The van der Waals surface area contributed by atoms with Crippen molar-refractivity contribution in [3.63, 3.8) is 0 Å². The summed E-state index contributed by atoms with van der Waals surface area (Å²) in [6.07, 6.45) is 3.18. The van der Waals surface area contributed by atoms with Gasteiger partial charge in [0.05, 0.1) is 5.69 Å². The summed E-state index contributed by atoms with van der Waals surface area (Å²) >= 11 is 1.78. The van der Waals surface area contributed by atoms with E-state index in [1.54, 1.807) is 11.8 Å². The summed E-state index contributed by atoms with van der Waals surface area (Å²) in [7, 11) is 0. The van der Waals surface area contributed by atoms with Gasteiger partial charge in [0, 0.05) is 22.3 Å². The molecule has 1 aromatic heterocycles. The lowest BCUT2D eigenvalue weighted by Crippen LogP contribution is -2.28. The van der Waals surface area contributed by atoms with Crippen molar-refractivity contribution < 1.29 is 0 Å². The second-order valence-electron chi connectivity index (χ2n) is 5.77. The van der Waals surface area contributed by atoms with E-state index >= 15 is 0 Å². The molecule has 3 nitrogen and oxygen atoms in total. The zero-order chi connectivity index (χ0) is 16.3. The maximum atomic E-state index is 4.66. The summed E-state index contributed by atoms with van der Waals surface area (Å²) in [4.78, 5) is 12.8. The minimum atomic E-state index is 0.291. The van der Waals surface area contributed by atoms with Crippen molar-refractivity contribution in [1.29, 1.82) is 0 Å². The average Bonchev–Trinajstić information content (AvgIpc) is 2.46. The third-order valence-electron chi connectivity index (χ3n) is 3.61. The molecule has 0 aliphatic rings. The first kappa shape index (κ1) is 16.8. The lowest BCUT2D eigenvalue weighted by Gasteiger charge is -2.29. The van der Waals surface area contributed by atoms with Crippen LogP contribution < -0.4 is 4.90 Å². The van der Waals surface area contributed by atoms with E-state index in [1.807, 2.05) is 19.9 Å². The van der Waals surface area contributed by atoms with E-state index in [1.165, 1.54) is 16.1 Å². The third kappa shape index (κ3) is 3.61. The van der Waals surface area contributed by atoms with Crippen molar-refractivity contribution in [2.24, 2.45) is 0 Å². The van der Waals surface area contributed by atoms with Crippen LogP contribution >= 0.6 is 11.8 Å². The monoisotopic (exact) mass is 315 g/mol. The molecule has 118 valence electrons. The Bertz CT molecular complexity index is 633. The van der Waals surface area contributed by atoms with E-state index in [4.69, 9.17) is 0 Å². The van der Waals surface area contributed by atoms with Gasteiger partial charge in [0.1, 0.15) is 0 Å². The van der Waals surface area contributed by atoms with E-state index in [9.17, 15) is 0 Å². The summed E-state index contributed by atoms with van der Waals surface area (Å²) in [5.74, 6) is 0.784. The highest BCUT2D eigenvalue weighted by atomic mass is 32.2. The highest BCUT2D eigenvalue weighted by molar-refractivity contribution is 7.98. The molecule has 0 saturated heterocycles. The molecule has 1 aromatic carbocycles. The fraction of sp³-hybridized carbons (Fsp3) is 0.444. The van der Waals surface area contributed by atoms with Crippen LogP contribution in [0.1, 0.15) is 37.7 Å². The fourth-order valence-electron chi connectivity index (χ4n) is 2.57. The summed E-state index contributed by atoms with van der Waals surface area (Å²) in [6, 6.07) is 8.98. The number of aromatic nitrogens is 2. The van der Waals surface area contributed by atoms with Crippen LogP contribution in [0.15, 0.2) is 29.2 Å². The zero-order valence-corrected chi connectivity index (χ0v) is 15.2. The van der Waals surface area contributed by atoms with Gasteiger partial charge in [-0.15, -0.1) is 11.8 Å². The van der Waals surface area contributed by atoms with Crippen molar-refractivity contribution in [2.75, 3.05) is 11.2 Å². The molecule has 0 amide bonds. The van der Waals surface area contributed by atoms with Crippen LogP contribution in [0.4, 0.5) is 11.6 Å². The van der Waals surface area contributed by atoms with E-state index in [0.29, 0.717) is 6.04 Å². The van der Waals surface area contributed by atoms with Gasteiger partial charge in [-0.1, -0.05) is 13.0 Å². The van der Waals surface area contributed by atoms with Gasteiger partial charge < -0.3 is 4.90 Å². The normalized spacial score (nSPS) is 11.0. The predicted octanol–water partition coefficient (Wildman–Crippen LogP) is 4.92. The molecule has 4 heteroatoms. The molecule has 0 bridgehead atoms. The van der Waals surface area contributed by atoms with Crippen LogP contribution in [0.3, 0.4) is 0 Å². The predicted molar refractivity (Wildman–Crippen MR) is 96.4 cm³/mol. The Balaban J connectivity index is 2.57. The molecule has 0 atom stereocenters. The number of hydrogen-bond acceptors (Lipinski definition) is 4. The minimum Gasteiger partial charge on any atom is -0.307 e. The van der Waals surface area contributed by atoms with E-state index in [0.717, 1.165) is 23.8 Å². The van der Waals surface area contributed by atoms with Gasteiger partial charge in [0.2, 0.25) is 5.95 Å². The second-order valence-corrected chi connectivity index (χ2v) is 6.62. The molecule has 0 radical (unpaired) electrons. The number of aryl methyl sites for hydroxylation is 3. The molecule has 2 aromatic rings. The molecule has 0 spiro atoms. The van der Waals surface area contributed by atoms with Gasteiger partial charge in [0.15, 0.2) is 0 Å². The molecule has 22 heavy (non-hydrogen) atoms. The summed E-state index contributed by atoms with van der Waals surface area (Å²) < 4.78 is 0. The molecular formula is C18H25N3S. The van der Waals surface area contributed by atoms with Crippen LogP contribution in [-0.4, -0.2) is 22.3 Å². The maximum absolute atomic E-state index is 4.66. The summed E-state index contributed by atoms with van der Waals surface area (Å²) in [6.45, 7) is 10.6. The topological polar surface area (TPSA) is 29.0 Å². The molecule has 0 saturated carbocycles. The minimum absolute atomic E-state index is 0.291. The summed E-state index contributed by atoms with van der Waals surface area (Å²) in [5.41, 5.74) is 4.55. The average molecular weight is 315 g/mol. The largest absolute Gasteiger partial charge is 0.307 e. The van der Waals surface area contributed by atoms with Gasteiger partial charge in [-0.3, -0.25) is 0 Å². The molecule has 0 N–H and O–H groups in total. The van der Waals surface area contributed by atoms with Crippen molar-refractivity contribution in [3.8, 4) is 0 Å². The number of rotatable bonds is 5. The smallest absolute Gasteiger partial charge is 0.230 e. The Morgan fingerprint density at radius 2 is 1.73 bits per heavy atom. The van der Waals surface area contributed by atoms with Gasteiger partial charge in [-0.05, 0) is 64.1 Å². The number of benzene rings is 1. The van der Waals surface area contributed by atoms with Crippen LogP contribution in [-0.2, 0) is 6.42 Å². The van der Waals surface area contributed by atoms with Crippen LogP contribution in [0.5, 0.6) is 0 Å². The second kappa shape index (κ2) is 7.14. The number of thioether (sulfide) groups is 1. The molecule has 0 aliphatic carbocycles. The fourth-order valence-corrected chi connectivity index (χ4v) is 3.22. The van der Waals surface area contributed by atoms with Crippen molar-refractivity contribution in [2.45, 2.75) is 52.0 Å². The van der Waals surface area contributed by atoms with Crippen molar-refractivity contribution in [1.82, 2.24) is 9.97 Å². The third-order valence-corrected chi connectivity index (χ3v) is 4.38. The number of nitrogens with zero attached hydrogens (tertiary/aromatic N) is 3. The van der Waals surface area contributed by atoms with Crippen LogP contribution in [0, 0.1) is 13.8 Å². The van der Waals surface area contributed by atoms with Gasteiger partial charge in [0.25, 0.3) is 0 Å². The summed E-state index contributed by atoms with van der Waals surface area (Å²) in [5, 5.41) is 0. The zero-order valence-electron chi connectivity index (χ0n) is 14.3. The molecule has 2 rings (SSSR count). The lowest BCUT2D eigenvalue weighted by molar-refractivity contribution is 0.751. The van der Waals surface area contributed by atoms with Gasteiger partial charge in [-0.2, -0.15) is 0 Å². The van der Waals surface area contributed by atoms with E-state index in [-0.39, 0.29) is 0 Å². The highest BCUT2D eigenvalue weighted by Gasteiger charge is 2.19. The van der Waals surface area contributed by atoms with Crippen LogP contribution in [0.25, 0.3) is 0 Å². The van der Waals surface area contributed by atoms with Crippen molar-refractivity contribution >= 4 is 23.4 Å². The maximum Gasteiger partial charge on any atom is 0.230 e. The van der Waals surface area contributed by atoms with Crippen LogP contribution in [0.2, 0.25) is 0 Å². The SMILES string of the molecule is CCc1ccc(N(c2nc(C)cc(C)n2)C(C)C)c(SC)c1. The number of anilines is 2. The van der Waals surface area contributed by atoms with E-state index in [2.05, 4.69) is 60.1 Å². The molecular weight excluding hydrogens is 290 g/mol. The first-order valence-corrected chi connectivity index (χ1v) is 8.97. The Hall–Kier alpha value is -1.55. The van der Waals surface area contributed by atoms with Gasteiger partial charge >= 0.3 is 0 Å². The molecule has 0 unspecified atom stereocenters. The Morgan fingerprint density at radius 1 is 1.09 bits per heavy atom. The number of hydrogen-bond donors (Lipinski definition) is 0. The Labute approximate surface area is 138 Å². The Morgan fingerprint density at radius 3 is 2.23 bits per heavy atom. The molecule has 0 fully saturated rings.